The van der Waals surface area contributed by atoms with Crippen LogP contribution in [0.4, 0.5) is 4.39 Å². The van der Waals surface area contributed by atoms with E-state index in [1.807, 2.05) is 0 Å². The van der Waals surface area contributed by atoms with E-state index in [2.05, 4.69) is 20.7 Å². The number of amides is 1. The van der Waals surface area contributed by atoms with Gasteiger partial charge in [-0.15, -0.1) is 0 Å². The van der Waals surface area contributed by atoms with Crippen molar-refractivity contribution < 1.29 is 17.6 Å². The lowest BCUT2D eigenvalue weighted by molar-refractivity contribution is -0.117. The monoisotopic (exact) mass is 324 g/mol. The van der Waals surface area contributed by atoms with Crippen LogP contribution < -0.4 is 10.5 Å². The Morgan fingerprint density at radius 1 is 1.47 bits per heavy atom. The number of nitrogens with two attached hydrogens (primary N) is 1. The minimum absolute atomic E-state index is 0.0941. The van der Waals surface area contributed by atoms with E-state index in [9.17, 15) is 17.6 Å². The molecule has 8 heteroatoms. The topological polar surface area (TPSA) is 89.3 Å². The largest absolute Gasteiger partial charge is 0.370 e. The van der Waals surface area contributed by atoms with E-state index < -0.39 is 21.7 Å². The lowest BCUT2D eigenvalue weighted by Gasteiger charge is -2.07. The maximum Gasteiger partial charge on any atom is 0.241 e. The van der Waals surface area contributed by atoms with E-state index in [4.69, 9.17) is 5.73 Å². The summed E-state index contributed by atoms with van der Waals surface area (Å²) in [4.78, 5) is 10.4. The van der Waals surface area contributed by atoms with Crippen LogP contribution in [0.5, 0.6) is 0 Å². The van der Waals surface area contributed by atoms with Gasteiger partial charge in [0.15, 0.2) is 0 Å². The van der Waals surface area contributed by atoms with Gasteiger partial charge in [0.1, 0.15) is 5.82 Å². The predicted octanol–water partition coefficient (Wildman–Crippen LogP) is 0.742. The number of nitrogens with one attached hydrogen (secondary N) is 1. The molecule has 17 heavy (non-hydrogen) atoms. The van der Waals surface area contributed by atoms with Crippen molar-refractivity contribution in [3.63, 3.8) is 0 Å². The molecule has 0 radical (unpaired) electrons. The highest BCUT2D eigenvalue weighted by Gasteiger charge is 2.17. The molecular formula is C9H10BrFN2O3S. The van der Waals surface area contributed by atoms with Gasteiger partial charge in [-0.3, -0.25) is 4.79 Å². The van der Waals surface area contributed by atoms with Crippen LogP contribution in [-0.2, 0) is 14.8 Å². The number of hydrogen-bond acceptors (Lipinski definition) is 3. The SMILES string of the molecule is NC(=O)CCNS(=O)(=O)c1ccc(F)cc1Br. The van der Waals surface area contributed by atoms with Crippen LogP contribution in [-0.4, -0.2) is 20.9 Å². The number of carbonyl (C=O) groups excluding carboxylic acids is 1. The summed E-state index contributed by atoms with van der Waals surface area (Å²) in [6.45, 7) is -0.0958. The Morgan fingerprint density at radius 3 is 2.65 bits per heavy atom. The molecule has 0 aliphatic heterocycles. The summed E-state index contributed by atoms with van der Waals surface area (Å²) < 4.78 is 38.5. The lowest BCUT2D eigenvalue weighted by atomic mass is 10.3. The minimum Gasteiger partial charge on any atom is -0.370 e. The first-order valence-electron chi connectivity index (χ1n) is 4.56. The summed E-state index contributed by atoms with van der Waals surface area (Å²) in [5, 5.41) is 0. The van der Waals surface area contributed by atoms with Crippen molar-refractivity contribution in [2.45, 2.75) is 11.3 Å². The number of sulfonamides is 1. The molecule has 0 aliphatic rings. The first kappa shape index (κ1) is 14.1. The Kier molecular flexibility index (Phi) is 4.61. The highest BCUT2D eigenvalue weighted by atomic mass is 79.9. The number of carbonyl (C=O) groups is 1. The van der Waals surface area contributed by atoms with Gasteiger partial charge in [0.05, 0.1) is 4.90 Å². The first-order chi connectivity index (χ1) is 7.83. The van der Waals surface area contributed by atoms with Gasteiger partial charge in [-0.05, 0) is 34.1 Å². The molecule has 94 valence electrons. The second kappa shape index (κ2) is 5.56. The predicted molar refractivity (Wildman–Crippen MR) is 63.1 cm³/mol. The van der Waals surface area contributed by atoms with Crippen LogP contribution in [0, 0.1) is 5.82 Å². The zero-order valence-electron chi connectivity index (χ0n) is 8.61. The van der Waals surface area contributed by atoms with Gasteiger partial charge in [0, 0.05) is 17.4 Å². The smallest absolute Gasteiger partial charge is 0.241 e. The van der Waals surface area contributed by atoms with Gasteiger partial charge in [-0.25, -0.2) is 17.5 Å². The Morgan fingerprint density at radius 2 is 2.12 bits per heavy atom. The molecule has 0 saturated heterocycles. The van der Waals surface area contributed by atoms with E-state index in [1.54, 1.807) is 0 Å². The zero-order chi connectivity index (χ0) is 13.1. The second-order valence-corrected chi connectivity index (χ2v) is 5.78. The molecule has 0 atom stereocenters. The van der Waals surface area contributed by atoms with Gasteiger partial charge in [-0.1, -0.05) is 0 Å². The first-order valence-corrected chi connectivity index (χ1v) is 6.83. The molecule has 0 aliphatic carbocycles. The van der Waals surface area contributed by atoms with Crippen molar-refractivity contribution in [3.05, 3.63) is 28.5 Å². The molecule has 1 aromatic carbocycles. The van der Waals surface area contributed by atoms with Crippen molar-refractivity contribution in [2.24, 2.45) is 5.73 Å². The van der Waals surface area contributed by atoms with E-state index >= 15 is 0 Å². The maximum atomic E-state index is 12.8. The van der Waals surface area contributed by atoms with E-state index in [-0.39, 0.29) is 22.3 Å². The van der Waals surface area contributed by atoms with Crippen molar-refractivity contribution in [2.75, 3.05) is 6.54 Å². The van der Waals surface area contributed by atoms with Crippen molar-refractivity contribution in [1.82, 2.24) is 4.72 Å². The quantitative estimate of drug-likeness (QED) is 0.837. The molecule has 1 amide bonds. The standard InChI is InChI=1S/C9H10BrFN2O3S/c10-7-5-6(11)1-2-8(7)17(15,16)13-4-3-9(12)14/h1-2,5,13H,3-4H2,(H2,12,14). The third-order valence-corrected chi connectivity index (χ3v) is 4.28. The fourth-order valence-corrected chi connectivity index (χ4v) is 3.16. The third kappa shape index (κ3) is 4.06. The molecule has 1 rings (SSSR count). The summed E-state index contributed by atoms with van der Waals surface area (Å²) in [5.74, 6) is -1.15. The average Bonchev–Trinajstić information content (AvgIpc) is 2.15. The summed E-state index contributed by atoms with van der Waals surface area (Å²) in [5.41, 5.74) is 4.88. The summed E-state index contributed by atoms with van der Waals surface area (Å²) in [6.07, 6.45) is -0.0992. The molecule has 0 bridgehead atoms. The van der Waals surface area contributed by atoms with E-state index in [1.165, 1.54) is 0 Å². The van der Waals surface area contributed by atoms with Gasteiger partial charge >= 0.3 is 0 Å². The Balaban J connectivity index is 2.86. The van der Waals surface area contributed by atoms with Crippen molar-refractivity contribution >= 4 is 31.9 Å². The van der Waals surface area contributed by atoms with E-state index in [0.29, 0.717) is 0 Å². The highest BCUT2D eigenvalue weighted by Crippen LogP contribution is 2.22. The normalized spacial score (nSPS) is 11.4. The van der Waals surface area contributed by atoms with Crippen molar-refractivity contribution in [1.29, 1.82) is 0 Å². The fourth-order valence-electron chi connectivity index (χ4n) is 1.08. The van der Waals surface area contributed by atoms with Gasteiger partial charge in [0.2, 0.25) is 15.9 Å². The van der Waals surface area contributed by atoms with E-state index in [0.717, 1.165) is 18.2 Å². The zero-order valence-corrected chi connectivity index (χ0v) is 11.0. The molecule has 0 fully saturated rings. The van der Waals surface area contributed by atoms with Crippen LogP contribution in [0.2, 0.25) is 0 Å². The highest BCUT2D eigenvalue weighted by molar-refractivity contribution is 9.10. The van der Waals surface area contributed by atoms with Crippen molar-refractivity contribution in [3.8, 4) is 0 Å². The molecule has 0 heterocycles. The van der Waals surface area contributed by atoms with Crippen LogP contribution in [0.3, 0.4) is 0 Å². The third-order valence-electron chi connectivity index (χ3n) is 1.85. The number of halogens is 2. The van der Waals surface area contributed by atoms with Crippen LogP contribution in [0.1, 0.15) is 6.42 Å². The summed E-state index contributed by atoms with van der Waals surface area (Å²) in [7, 11) is -3.77. The Hall–Kier alpha value is -0.990. The molecule has 0 saturated carbocycles. The maximum absolute atomic E-state index is 12.8. The molecular weight excluding hydrogens is 315 g/mol. The molecule has 3 N–H and O–H groups in total. The molecule has 0 aromatic heterocycles. The number of hydrogen-bond donors (Lipinski definition) is 2. The second-order valence-electron chi connectivity index (χ2n) is 3.19. The van der Waals surface area contributed by atoms with Crippen LogP contribution in [0.25, 0.3) is 0 Å². The molecule has 5 nitrogen and oxygen atoms in total. The Labute approximate surface area is 106 Å². The molecule has 0 unspecified atom stereocenters. The van der Waals surface area contributed by atoms with Gasteiger partial charge in [-0.2, -0.15) is 0 Å². The summed E-state index contributed by atoms with van der Waals surface area (Å²) >= 11 is 2.95. The average molecular weight is 325 g/mol. The number of benzene rings is 1. The number of rotatable bonds is 5. The summed E-state index contributed by atoms with van der Waals surface area (Å²) in [6, 6.07) is 3.21. The van der Waals surface area contributed by atoms with Gasteiger partial charge in [0.25, 0.3) is 0 Å². The molecule has 1 aromatic rings. The fraction of sp³-hybridized carbons (Fsp3) is 0.222. The minimum atomic E-state index is -3.77. The molecule has 0 spiro atoms. The lowest BCUT2D eigenvalue weighted by Crippen LogP contribution is -2.28. The van der Waals surface area contributed by atoms with Crippen LogP contribution >= 0.6 is 15.9 Å². The number of primary amides is 1. The van der Waals surface area contributed by atoms with Crippen LogP contribution in [0.15, 0.2) is 27.6 Å². The van der Waals surface area contributed by atoms with Gasteiger partial charge < -0.3 is 5.73 Å². The Bertz CT molecular complexity index is 533.